The molecule has 2 aromatic carbocycles. The molecule has 0 saturated heterocycles. The molecule has 4 heteroatoms. The summed E-state index contributed by atoms with van der Waals surface area (Å²) < 4.78 is 5.19. The molecule has 0 heterocycles. The number of hydrogen-bond donors (Lipinski definition) is 2. The van der Waals surface area contributed by atoms with E-state index in [0.717, 1.165) is 22.6 Å². The Morgan fingerprint density at radius 3 is 2.43 bits per heavy atom. The van der Waals surface area contributed by atoms with Gasteiger partial charge in [-0.15, -0.1) is 0 Å². The van der Waals surface area contributed by atoms with Crippen LogP contribution < -0.4 is 15.4 Å². The summed E-state index contributed by atoms with van der Waals surface area (Å²) in [6.45, 7) is 4.48. The molecule has 0 spiro atoms. The van der Waals surface area contributed by atoms with Crippen molar-refractivity contribution < 1.29 is 9.53 Å². The minimum Gasteiger partial charge on any atom is -0.496 e. The molecule has 110 valence electrons. The Balaban J connectivity index is 1.89. The van der Waals surface area contributed by atoms with Crippen LogP contribution in [0.15, 0.2) is 42.5 Å². The molecule has 0 radical (unpaired) electrons. The number of rotatable bonds is 4. The van der Waals surface area contributed by atoms with Gasteiger partial charge in [0.1, 0.15) is 5.75 Å². The summed E-state index contributed by atoms with van der Waals surface area (Å²) in [6.07, 6.45) is 0. The van der Waals surface area contributed by atoms with Crippen molar-refractivity contribution in [3.05, 3.63) is 59.2 Å². The first-order chi connectivity index (χ1) is 10.1. The van der Waals surface area contributed by atoms with Gasteiger partial charge in [0.05, 0.1) is 7.11 Å². The highest BCUT2D eigenvalue weighted by atomic mass is 16.5. The topological polar surface area (TPSA) is 50.4 Å². The lowest BCUT2D eigenvalue weighted by Gasteiger charge is -2.10. The maximum absolute atomic E-state index is 11.9. The summed E-state index contributed by atoms with van der Waals surface area (Å²) in [6, 6.07) is 13.4. The van der Waals surface area contributed by atoms with E-state index in [1.165, 1.54) is 5.56 Å². The molecule has 2 rings (SSSR count). The molecule has 0 unspecified atom stereocenters. The summed E-state index contributed by atoms with van der Waals surface area (Å²) in [5.74, 6) is 0.806. The van der Waals surface area contributed by atoms with Crippen molar-refractivity contribution in [1.82, 2.24) is 5.32 Å². The number of carbonyl (C=O) groups is 1. The maximum atomic E-state index is 11.9. The van der Waals surface area contributed by atoms with Crippen LogP contribution in [0.3, 0.4) is 0 Å². The number of ether oxygens (including phenoxy) is 1. The van der Waals surface area contributed by atoms with Gasteiger partial charge < -0.3 is 15.4 Å². The summed E-state index contributed by atoms with van der Waals surface area (Å²) in [5, 5.41) is 5.64. The number of nitrogens with one attached hydrogen (secondary N) is 2. The van der Waals surface area contributed by atoms with Gasteiger partial charge in [-0.1, -0.05) is 29.8 Å². The molecule has 21 heavy (non-hydrogen) atoms. The summed E-state index contributed by atoms with van der Waals surface area (Å²) >= 11 is 0. The van der Waals surface area contributed by atoms with Crippen molar-refractivity contribution in [2.24, 2.45) is 0 Å². The van der Waals surface area contributed by atoms with E-state index in [-0.39, 0.29) is 6.03 Å². The molecule has 2 amide bonds. The van der Waals surface area contributed by atoms with E-state index in [1.54, 1.807) is 7.11 Å². The molecule has 0 aromatic heterocycles. The fourth-order valence-electron chi connectivity index (χ4n) is 2.02. The number of benzene rings is 2. The zero-order valence-corrected chi connectivity index (χ0v) is 12.6. The fraction of sp³-hybridized carbons (Fsp3) is 0.235. The number of methoxy groups -OCH3 is 1. The maximum Gasteiger partial charge on any atom is 0.319 e. The van der Waals surface area contributed by atoms with E-state index in [9.17, 15) is 4.79 Å². The van der Waals surface area contributed by atoms with Crippen molar-refractivity contribution in [2.75, 3.05) is 12.4 Å². The smallest absolute Gasteiger partial charge is 0.319 e. The molecule has 0 aliphatic heterocycles. The van der Waals surface area contributed by atoms with E-state index in [0.29, 0.717) is 6.54 Å². The van der Waals surface area contributed by atoms with E-state index in [4.69, 9.17) is 4.74 Å². The first-order valence-electron chi connectivity index (χ1n) is 6.83. The molecular weight excluding hydrogens is 264 g/mol. The predicted octanol–water partition coefficient (Wildman–Crippen LogP) is 3.63. The molecule has 0 aliphatic carbocycles. The van der Waals surface area contributed by atoms with Crippen molar-refractivity contribution in [2.45, 2.75) is 20.4 Å². The third kappa shape index (κ3) is 4.24. The van der Waals surface area contributed by atoms with Crippen LogP contribution in [-0.4, -0.2) is 13.1 Å². The Kier molecular flexibility index (Phi) is 4.82. The number of carbonyl (C=O) groups excluding carboxylic acids is 1. The van der Waals surface area contributed by atoms with Gasteiger partial charge in [0.15, 0.2) is 0 Å². The van der Waals surface area contributed by atoms with Gasteiger partial charge in [-0.3, -0.25) is 0 Å². The van der Waals surface area contributed by atoms with Crippen LogP contribution in [-0.2, 0) is 6.54 Å². The van der Waals surface area contributed by atoms with E-state index >= 15 is 0 Å². The quantitative estimate of drug-likeness (QED) is 0.900. The largest absolute Gasteiger partial charge is 0.496 e. The van der Waals surface area contributed by atoms with Crippen LogP contribution >= 0.6 is 0 Å². The number of urea groups is 1. The molecule has 4 nitrogen and oxygen atoms in total. The zero-order valence-electron chi connectivity index (χ0n) is 12.6. The molecule has 0 bridgehead atoms. The van der Waals surface area contributed by atoms with Crippen LogP contribution in [0.4, 0.5) is 10.5 Å². The van der Waals surface area contributed by atoms with Crippen LogP contribution in [0.25, 0.3) is 0 Å². The Hall–Kier alpha value is -2.49. The first-order valence-corrected chi connectivity index (χ1v) is 6.83. The van der Waals surface area contributed by atoms with Crippen molar-refractivity contribution in [1.29, 1.82) is 0 Å². The number of aryl methyl sites for hydroxylation is 2. The monoisotopic (exact) mass is 284 g/mol. The third-order valence-corrected chi connectivity index (χ3v) is 3.23. The third-order valence-electron chi connectivity index (χ3n) is 3.23. The van der Waals surface area contributed by atoms with E-state index in [1.807, 2.05) is 56.3 Å². The minimum absolute atomic E-state index is 0.222. The second kappa shape index (κ2) is 6.79. The van der Waals surface area contributed by atoms with Crippen molar-refractivity contribution in [3.63, 3.8) is 0 Å². The highest BCUT2D eigenvalue weighted by Crippen LogP contribution is 2.21. The standard InChI is InChI=1S/C17H20N2O2/c1-12-4-6-14(7-5-12)11-18-17(20)19-15-8-9-16(21-3)13(2)10-15/h4-10H,11H2,1-3H3,(H2,18,19,20). The molecule has 0 aliphatic rings. The average molecular weight is 284 g/mol. The Morgan fingerprint density at radius 1 is 1.10 bits per heavy atom. The SMILES string of the molecule is COc1ccc(NC(=O)NCc2ccc(C)cc2)cc1C. The van der Waals surface area contributed by atoms with E-state index < -0.39 is 0 Å². The predicted molar refractivity (Wildman–Crippen MR) is 84.8 cm³/mol. The van der Waals surface area contributed by atoms with Gasteiger partial charge in [0.25, 0.3) is 0 Å². The van der Waals surface area contributed by atoms with Gasteiger partial charge in [-0.05, 0) is 43.2 Å². The Morgan fingerprint density at radius 2 is 1.81 bits per heavy atom. The van der Waals surface area contributed by atoms with Gasteiger partial charge in [0.2, 0.25) is 0 Å². The van der Waals surface area contributed by atoms with Gasteiger partial charge >= 0.3 is 6.03 Å². The first kappa shape index (κ1) is 14.9. The van der Waals surface area contributed by atoms with Crippen LogP contribution in [0.2, 0.25) is 0 Å². The second-order valence-corrected chi connectivity index (χ2v) is 4.98. The summed E-state index contributed by atoms with van der Waals surface area (Å²) in [5.41, 5.74) is 4.00. The van der Waals surface area contributed by atoms with Gasteiger partial charge in [0, 0.05) is 12.2 Å². The Bertz CT molecular complexity index is 621. The lowest BCUT2D eigenvalue weighted by molar-refractivity contribution is 0.251. The zero-order chi connectivity index (χ0) is 15.2. The van der Waals surface area contributed by atoms with Crippen LogP contribution in [0, 0.1) is 13.8 Å². The highest BCUT2D eigenvalue weighted by Gasteiger charge is 2.04. The van der Waals surface area contributed by atoms with E-state index in [2.05, 4.69) is 10.6 Å². The highest BCUT2D eigenvalue weighted by molar-refractivity contribution is 5.89. The Labute approximate surface area is 125 Å². The minimum atomic E-state index is -0.222. The molecule has 0 atom stereocenters. The number of amides is 2. The molecule has 2 aromatic rings. The van der Waals surface area contributed by atoms with Crippen LogP contribution in [0.1, 0.15) is 16.7 Å². The van der Waals surface area contributed by atoms with Crippen molar-refractivity contribution >= 4 is 11.7 Å². The van der Waals surface area contributed by atoms with Crippen LogP contribution in [0.5, 0.6) is 5.75 Å². The summed E-state index contributed by atoms with van der Waals surface area (Å²) in [7, 11) is 1.63. The molecule has 0 fully saturated rings. The average Bonchev–Trinajstić information content (AvgIpc) is 2.47. The normalized spacial score (nSPS) is 10.0. The van der Waals surface area contributed by atoms with Crippen molar-refractivity contribution in [3.8, 4) is 5.75 Å². The number of anilines is 1. The lowest BCUT2D eigenvalue weighted by atomic mass is 10.1. The van der Waals surface area contributed by atoms with Gasteiger partial charge in [-0.25, -0.2) is 4.79 Å². The fourth-order valence-corrected chi connectivity index (χ4v) is 2.02. The lowest BCUT2D eigenvalue weighted by Crippen LogP contribution is -2.28. The second-order valence-electron chi connectivity index (χ2n) is 4.98. The molecular formula is C17H20N2O2. The molecule has 0 saturated carbocycles. The molecule has 2 N–H and O–H groups in total. The number of hydrogen-bond acceptors (Lipinski definition) is 2. The van der Waals surface area contributed by atoms with Gasteiger partial charge in [-0.2, -0.15) is 0 Å². The summed E-state index contributed by atoms with van der Waals surface area (Å²) in [4.78, 5) is 11.9.